The highest BCUT2D eigenvalue weighted by Crippen LogP contribution is 2.67. The van der Waals surface area contributed by atoms with E-state index in [4.69, 9.17) is 5.11 Å². The van der Waals surface area contributed by atoms with Crippen molar-refractivity contribution < 1.29 is 15.0 Å². The number of unbranched alkanes of at least 4 members (excludes halogenated alkanes) is 3. The number of aliphatic hydroxyl groups is 1. The average molecular weight is 517 g/mol. The van der Waals surface area contributed by atoms with Gasteiger partial charge >= 0.3 is 5.97 Å². The molecule has 4 aliphatic rings. The van der Waals surface area contributed by atoms with E-state index in [1.165, 1.54) is 64.2 Å². The number of aliphatic carboxylic acids is 1. The number of carbonyl (C=O) groups is 1. The number of hydrogen-bond acceptors (Lipinski definition) is 2. The summed E-state index contributed by atoms with van der Waals surface area (Å²) in [5.74, 6) is 4.78. The number of aliphatic hydroxyl groups excluding tert-OH is 1. The first-order chi connectivity index (χ1) is 17.5. The van der Waals surface area contributed by atoms with Crippen molar-refractivity contribution in [2.75, 3.05) is 0 Å². The van der Waals surface area contributed by atoms with Crippen LogP contribution < -0.4 is 0 Å². The Morgan fingerprint density at radius 1 is 0.973 bits per heavy atom. The van der Waals surface area contributed by atoms with Crippen LogP contribution in [0.25, 0.3) is 0 Å². The first kappa shape index (κ1) is 30.7. The zero-order chi connectivity index (χ0) is 27.2. The molecule has 3 nitrogen and oxygen atoms in total. The average Bonchev–Trinajstić information content (AvgIpc) is 3.19. The normalized spacial score (nSPS) is 37.5. The van der Waals surface area contributed by atoms with E-state index in [0.29, 0.717) is 17.3 Å². The van der Waals surface area contributed by atoms with Gasteiger partial charge in [0.25, 0.3) is 0 Å². The number of fused-ring (bicyclic) bond motifs is 5. The SMILES string of the molecule is CC(C)CCCC(C)[C@H]1CC[C@H]2[C@@H]3CC=C4C[C@@H](O)CC[C@]4(C)[C@H]3CC[C@]12C.CCCCCCC(=O)O. The Bertz CT molecular complexity index is 756. The molecule has 3 heteroatoms. The quantitative estimate of drug-likeness (QED) is 0.224. The van der Waals surface area contributed by atoms with Gasteiger partial charge in [0, 0.05) is 6.42 Å². The third-order valence-electron chi connectivity index (χ3n) is 11.5. The molecule has 3 saturated carbocycles. The third kappa shape index (κ3) is 7.23. The minimum atomic E-state index is -0.675. The highest BCUT2D eigenvalue weighted by molar-refractivity contribution is 5.66. The molecular weight excluding hydrogens is 456 g/mol. The van der Waals surface area contributed by atoms with Crippen molar-refractivity contribution in [3.63, 3.8) is 0 Å². The van der Waals surface area contributed by atoms with Gasteiger partial charge in [0.15, 0.2) is 0 Å². The Morgan fingerprint density at radius 2 is 1.73 bits per heavy atom. The molecule has 0 amide bonds. The fraction of sp³-hybridized carbons (Fsp3) is 0.912. The predicted octanol–water partition coefficient (Wildman–Crippen LogP) is 9.43. The Morgan fingerprint density at radius 3 is 2.41 bits per heavy atom. The Labute approximate surface area is 229 Å². The van der Waals surface area contributed by atoms with Crippen molar-refractivity contribution in [2.24, 2.45) is 46.3 Å². The van der Waals surface area contributed by atoms with Gasteiger partial charge in [0.1, 0.15) is 0 Å². The second-order valence-electron chi connectivity index (χ2n) is 14.4. The zero-order valence-electron chi connectivity index (χ0n) is 25.2. The molecule has 0 aromatic rings. The van der Waals surface area contributed by atoms with Gasteiger partial charge in [-0.3, -0.25) is 4.79 Å². The Balaban J connectivity index is 0.000000364. The predicted molar refractivity (Wildman–Crippen MR) is 155 cm³/mol. The van der Waals surface area contributed by atoms with Gasteiger partial charge in [0.05, 0.1) is 6.10 Å². The van der Waals surface area contributed by atoms with Crippen molar-refractivity contribution in [3.05, 3.63) is 11.6 Å². The Kier molecular flexibility index (Phi) is 11.2. The molecule has 1 unspecified atom stereocenters. The molecule has 0 bridgehead atoms. The van der Waals surface area contributed by atoms with Crippen LogP contribution in [0, 0.1) is 46.3 Å². The topological polar surface area (TPSA) is 57.5 Å². The number of hydrogen-bond donors (Lipinski definition) is 2. The molecule has 0 spiro atoms. The summed E-state index contributed by atoms with van der Waals surface area (Å²) in [5.41, 5.74) is 2.60. The molecule has 0 aromatic carbocycles. The summed E-state index contributed by atoms with van der Waals surface area (Å²) in [4.78, 5) is 9.96. The van der Waals surface area contributed by atoms with Gasteiger partial charge in [-0.25, -0.2) is 0 Å². The number of rotatable bonds is 10. The lowest BCUT2D eigenvalue weighted by Gasteiger charge is -2.58. The fourth-order valence-electron chi connectivity index (χ4n) is 9.37. The van der Waals surface area contributed by atoms with Gasteiger partial charge in [-0.15, -0.1) is 0 Å². The van der Waals surface area contributed by atoms with Crippen LogP contribution in [0.15, 0.2) is 11.6 Å². The maximum atomic E-state index is 10.2. The van der Waals surface area contributed by atoms with Gasteiger partial charge in [-0.05, 0) is 104 Å². The molecular formula is C34H60O3. The summed E-state index contributed by atoms with van der Waals surface area (Å²) < 4.78 is 0. The van der Waals surface area contributed by atoms with Crippen LogP contribution >= 0.6 is 0 Å². The molecule has 214 valence electrons. The fourth-order valence-corrected chi connectivity index (χ4v) is 9.37. The molecule has 2 N–H and O–H groups in total. The van der Waals surface area contributed by atoms with E-state index >= 15 is 0 Å². The highest BCUT2D eigenvalue weighted by Gasteiger charge is 2.59. The summed E-state index contributed by atoms with van der Waals surface area (Å²) in [7, 11) is 0. The summed E-state index contributed by atoms with van der Waals surface area (Å²) in [6.07, 6.45) is 21.7. The van der Waals surface area contributed by atoms with E-state index in [9.17, 15) is 9.90 Å². The summed E-state index contributed by atoms with van der Waals surface area (Å²) in [6.45, 7) is 14.7. The lowest BCUT2D eigenvalue weighted by Crippen LogP contribution is -2.50. The smallest absolute Gasteiger partial charge is 0.303 e. The van der Waals surface area contributed by atoms with E-state index in [0.717, 1.165) is 67.6 Å². The van der Waals surface area contributed by atoms with Gasteiger partial charge in [-0.1, -0.05) is 91.7 Å². The minimum Gasteiger partial charge on any atom is -0.481 e. The van der Waals surface area contributed by atoms with E-state index < -0.39 is 5.97 Å². The van der Waals surface area contributed by atoms with Crippen molar-refractivity contribution in [1.29, 1.82) is 0 Å². The van der Waals surface area contributed by atoms with Crippen LogP contribution in [0.5, 0.6) is 0 Å². The number of carboxylic acid groups (broad SMARTS) is 1. The lowest BCUT2D eigenvalue weighted by molar-refractivity contribution is -0.137. The van der Waals surface area contributed by atoms with E-state index in [-0.39, 0.29) is 6.10 Å². The standard InChI is InChI=1S/C27H46O.C7H14O2/c1-18(2)7-6-8-19(3)23-11-12-24-22-10-9-20-17-21(28)13-15-26(20,4)25(22)14-16-27(23,24)5;1-2-3-4-5-6-7(8)9/h9,18-19,21-25,28H,6-8,10-17H2,1-5H3;2-6H2,1H3,(H,8,9)/t19?,21-,22-,23+,24-,25-,26-,27+;/m0./s1. The molecule has 37 heavy (non-hydrogen) atoms. The Hall–Kier alpha value is -0.830. The second-order valence-corrected chi connectivity index (χ2v) is 14.4. The summed E-state index contributed by atoms with van der Waals surface area (Å²) >= 11 is 0. The molecule has 4 aliphatic carbocycles. The van der Waals surface area contributed by atoms with Crippen molar-refractivity contribution >= 4 is 5.97 Å². The number of allylic oxidation sites excluding steroid dienone is 1. The third-order valence-corrected chi connectivity index (χ3v) is 11.5. The highest BCUT2D eigenvalue weighted by atomic mass is 16.4. The first-order valence-electron chi connectivity index (χ1n) is 16.1. The first-order valence-corrected chi connectivity index (χ1v) is 16.1. The van der Waals surface area contributed by atoms with Crippen LogP contribution in [-0.4, -0.2) is 22.3 Å². The zero-order valence-corrected chi connectivity index (χ0v) is 25.2. The maximum absolute atomic E-state index is 10.2. The van der Waals surface area contributed by atoms with Crippen molar-refractivity contribution in [3.8, 4) is 0 Å². The van der Waals surface area contributed by atoms with Crippen LogP contribution in [0.4, 0.5) is 0 Å². The van der Waals surface area contributed by atoms with Gasteiger partial charge in [0.2, 0.25) is 0 Å². The summed E-state index contributed by atoms with van der Waals surface area (Å²) in [6, 6.07) is 0. The molecule has 0 heterocycles. The molecule has 0 saturated heterocycles. The van der Waals surface area contributed by atoms with E-state index in [1.807, 2.05) is 0 Å². The lowest BCUT2D eigenvalue weighted by atomic mass is 9.47. The molecule has 0 aromatic heterocycles. The van der Waals surface area contributed by atoms with Crippen LogP contribution in [0.3, 0.4) is 0 Å². The van der Waals surface area contributed by atoms with Crippen molar-refractivity contribution in [1.82, 2.24) is 0 Å². The molecule has 4 rings (SSSR count). The molecule has 8 atom stereocenters. The molecule has 3 fully saturated rings. The van der Waals surface area contributed by atoms with Gasteiger partial charge in [-0.2, -0.15) is 0 Å². The van der Waals surface area contributed by atoms with Crippen LogP contribution in [0.1, 0.15) is 144 Å². The molecule has 0 radical (unpaired) electrons. The van der Waals surface area contributed by atoms with Crippen molar-refractivity contribution in [2.45, 2.75) is 150 Å². The maximum Gasteiger partial charge on any atom is 0.303 e. The van der Waals surface area contributed by atoms with E-state index in [1.54, 1.807) is 5.57 Å². The van der Waals surface area contributed by atoms with Gasteiger partial charge < -0.3 is 10.2 Å². The minimum absolute atomic E-state index is 0.0766. The largest absolute Gasteiger partial charge is 0.481 e. The second kappa shape index (κ2) is 13.5. The summed E-state index contributed by atoms with van der Waals surface area (Å²) in [5, 5.41) is 18.4. The van der Waals surface area contributed by atoms with Crippen LogP contribution in [0.2, 0.25) is 0 Å². The monoisotopic (exact) mass is 516 g/mol. The van der Waals surface area contributed by atoms with Crippen LogP contribution in [-0.2, 0) is 4.79 Å². The number of carboxylic acids is 1. The molecule has 0 aliphatic heterocycles. The van der Waals surface area contributed by atoms with E-state index in [2.05, 4.69) is 47.6 Å².